The van der Waals surface area contributed by atoms with Crippen LogP contribution in [0.25, 0.3) is 0 Å². The first-order valence-corrected chi connectivity index (χ1v) is 7.33. The van der Waals surface area contributed by atoms with Gasteiger partial charge in [-0.05, 0) is 23.8 Å². The molecule has 1 fully saturated rings. The van der Waals surface area contributed by atoms with E-state index in [4.69, 9.17) is 4.74 Å². The van der Waals surface area contributed by atoms with Crippen molar-refractivity contribution in [3.63, 3.8) is 0 Å². The maximum Gasteiger partial charge on any atom is 0.435 e. The van der Waals surface area contributed by atoms with Crippen LogP contribution in [0.5, 0.6) is 0 Å². The van der Waals surface area contributed by atoms with Crippen molar-refractivity contribution in [2.24, 2.45) is 0 Å². The molecule has 2 aromatic rings. The smallest absolute Gasteiger partial charge is 0.370 e. The first-order valence-electron chi connectivity index (χ1n) is 7.33. The van der Waals surface area contributed by atoms with Crippen molar-refractivity contribution in [3.8, 4) is 0 Å². The molecule has 128 valence electrons. The lowest BCUT2D eigenvalue weighted by Gasteiger charge is -2.33. The number of ether oxygens (including phenoxy) is 1. The molecule has 2 aromatic heterocycles. The Morgan fingerprint density at radius 1 is 1.29 bits per heavy atom. The van der Waals surface area contributed by atoms with Gasteiger partial charge in [0.2, 0.25) is 5.91 Å². The zero-order valence-corrected chi connectivity index (χ0v) is 12.6. The molecule has 3 rings (SSSR count). The second kappa shape index (κ2) is 6.60. The van der Waals surface area contributed by atoms with Crippen LogP contribution in [0.1, 0.15) is 17.4 Å². The van der Waals surface area contributed by atoms with Crippen molar-refractivity contribution in [2.45, 2.75) is 18.8 Å². The average Bonchev–Trinajstić information content (AvgIpc) is 3.05. The van der Waals surface area contributed by atoms with Crippen molar-refractivity contribution in [1.82, 2.24) is 19.7 Å². The zero-order chi connectivity index (χ0) is 17.2. The molecule has 0 saturated carbocycles. The maximum absolute atomic E-state index is 12.5. The van der Waals surface area contributed by atoms with E-state index in [0.717, 1.165) is 22.5 Å². The number of hydrogen-bond acceptors (Lipinski definition) is 4. The summed E-state index contributed by atoms with van der Waals surface area (Å²) >= 11 is 0. The second-order valence-electron chi connectivity index (χ2n) is 5.38. The molecular weight excluding hydrogens is 325 g/mol. The molecule has 9 heteroatoms. The van der Waals surface area contributed by atoms with E-state index in [2.05, 4.69) is 10.1 Å². The van der Waals surface area contributed by atoms with Gasteiger partial charge in [-0.15, -0.1) is 0 Å². The van der Waals surface area contributed by atoms with E-state index in [9.17, 15) is 18.0 Å². The fourth-order valence-corrected chi connectivity index (χ4v) is 2.50. The third kappa shape index (κ3) is 3.73. The highest BCUT2D eigenvalue weighted by Gasteiger charge is 2.34. The molecule has 0 aromatic carbocycles. The zero-order valence-electron chi connectivity index (χ0n) is 12.6. The third-order valence-corrected chi connectivity index (χ3v) is 3.73. The van der Waals surface area contributed by atoms with E-state index < -0.39 is 11.9 Å². The van der Waals surface area contributed by atoms with E-state index in [-0.39, 0.29) is 18.6 Å². The molecular formula is C15H15F3N4O2. The summed E-state index contributed by atoms with van der Waals surface area (Å²) in [6.45, 7) is 0.870. The van der Waals surface area contributed by atoms with E-state index in [1.165, 1.54) is 0 Å². The highest BCUT2D eigenvalue weighted by atomic mass is 19.4. The molecule has 0 spiro atoms. The minimum atomic E-state index is -4.51. The Balaban J connectivity index is 1.63. The maximum atomic E-state index is 12.5. The molecule has 1 unspecified atom stereocenters. The van der Waals surface area contributed by atoms with Gasteiger partial charge in [-0.3, -0.25) is 14.5 Å². The van der Waals surface area contributed by atoms with Crippen LogP contribution in [-0.2, 0) is 22.3 Å². The number of aromatic nitrogens is 3. The summed E-state index contributed by atoms with van der Waals surface area (Å²) in [5.74, 6) is -0.297. The molecule has 0 radical (unpaired) electrons. The van der Waals surface area contributed by atoms with Gasteiger partial charge in [0.15, 0.2) is 5.69 Å². The summed E-state index contributed by atoms with van der Waals surface area (Å²) in [7, 11) is 0. The van der Waals surface area contributed by atoms with Crippen molar-refractivity contribution >= 4 is 5.91 Å². The molecule has 1 atom stereocenters. The van der Waals surface area contributed by atoms with Gasteiger partial charge in [-0.2, -0.15) is 18.3 Å². The summed E-state index contributed by atoms with van der Waals surface area (Å²) < 4.78 is 44.3. The number of halogens is 3. The molecule has 1 amide bonds. The standard InChI is InChI=1S/C15H15F3N4O2/c16-15(17,18)13-3-6-22(20-13)10-14(23)21-7-8-24-12(9-21)11-1-4-19-5-2-11/h1-6,12H,7-10H2. The van der Waals surface area contributed by atoms with Crippen LogP contribution in [0.3, 0.4) is 0 Å². The Morgan fingerprint density at radius 3 is 2.71 bits per heavy atom. The summed E-state index contributed by atoms with van der Waals surface area (Å²) in [5, 5.41) is 3.40. The number of alkyl halides is 3. The first kappa shape index (κ1) is 16.4. The summed E-state index contributed by atoms with van der Waals surface area (Å²) in [6, 6.07) is 4.47. The van der Waals surface area contributed by atoms with Gasteiger partial charge < -0.3 is 9.64 Å². The third-order valence-electron chi connectivity index (χ3n) is 3.73. The number of nitrogens with zero attached hydrogens (tertiary/aromatic N) is 4. The van der Waals surface area contributed by atoms with Gasteiger partial charge in [-0.25, -0.2) is 0 Å². The predicted molar refractivity (Wildman–Crippen MR) is 76.7 cm³/mol. The Hall–Kier alpha value is -2.42. The molecule has 1 saturated heterocycles. The summed E-state index contributed by atoms with van der Waals surface area (Å²) in [4.78, 5) is 17.8. The van der Waals surface area contributed by atoms with Crippen LogP contribution >= 0.6 is 0 Å². The fraction of sp³-hybridized carbons (Fsp3) is 0.400. The van der Waals surface area contributed by atoms with Crippen LogP contribution in [0, 0.1) is 0 Å². The number of carbonyl (C=O) groups is 1. The molecule has 0 bridgehead atoms. The average molecular weight is 340 g/mol. The van der Waals surface area contributed by atoms with Crippen LogP contribution < -0.4 is 0 Å². The fourth-order valence-electron chi connectivity index (χ4n) is 2.50. The number of hydrogen-bond donors (Lipinski definition) is 0. The SMILES string of the molecule is O=C(Cn1ccc(C(F)(F)F)n1)N1CCOC(c2ccncc2)C1. The van der Waals surface area contributed by atoms with Gasteiger partial charge in [0.05, 0.1) is 13.2 Å². The lowest BCUT2D eigenvalue weighted by Crippen LogP contribution is -2.43. The van der Waals surface area contributed by atoms with Crippen molar-refractivity contribution in [3.05, 3.63) is 48.0 Å². The normalized spacial score (nSPS) is 18.6. The van der Waals surface area contributed by atoms with E-state index in [1.54, 1.807) is 17.3 Å². The number of carbonyl (C=O) groups excluding carboxylic acids is 1. The highest BCUT2D eigenvalue weighted by Crippen LogP contribution is 2.27. The molecule has 24 heavy (non-hydrogen) atoms. The van der Waals surface area contributed by atoms with Crippen molar-refractivity contribution in [1.29, 1.82) is 0 Å². The quantitative estimate of drug-likeness (QED) is 0.856. The molecule has 3 heterocycles. The van der Waals surface area contributed by atoms with Gasteiger partial charge >= 0.3 is 6.18 Å². The lowest BCUT2D eigenvalue weighted by molar-refractivity contribution is -0.143. The minimum Gasteiger partial charge on any atom is -0.370 e. The van der Waals surface area contributed by atoms with Crippen LogP contribution in [-0.4, -0.2) is 45.3 Å². The topological polar surface area (TPSA) is 60.2 Å². The number of rotatable bonds is 3. The molecule has 1 aliphatic rings. The first-order chi connectivity index (χ1) is 11.4. The van der Waals surface area contributed by atoms with E-state index in [0.29, 0.717) is 19.7 Å². The lowest BCUT2D eigenvalue weighted by atomic mass is 10.1. The van der Waals surface area contributed by atoms with E-state index in [1.807, 2.05) is 12.1 Å². The Labute approximate surface area is 135 Å². The Kier molecular flexibility index (Phi) is 4.52. The number of amides is 1. The van der Waals surface area contributed by atoms with Gasteiger partial charge in [0.1, 0.15) is 12.6 Å². The Morgan fingerprint density at radius 2 is 2.04 bits per heavy atom. The van der Waals surface area contributed by atoms with Crippen LogP contribution in [0.15, 0.2) is 36.8 Å². The monoisotopic (exact) mass is 340 g/mol. The summed E-state index contributed by atoms with van der Waals surface area (Å²) in [6.07, 6.45) is -0.348. The number of pyridine rings is 1. The molecule has 6 nitrogen and oxygen atoms in total. The van der Waals surface area contributed by atoms with Crippen molar-refractivity contribution in [2.75, 3.05) is 19.7 Å². The van der Waals surface area contributed by atoms with Crippen molar-refractivity contribution < 1.29 is 22.7 Å². The minimum absolute atomic E-state index is 0.237. The van der Waals surface area contributed by atoms with E-state index >= 15 is 0 Å². The Bertz CT molecular complexity index is 702. The molecule has 0 aliphatic carbocycles. The highest BCUT2D eigenvalue weighted by molar-refractivity contribution is 5.76. The summed E-state index contributed by atoms with van der Waals surface area (Å²) in [5.41, 5.74) is -0.104. The number of morpholine rings is 1. The van der Waals surface area contributed by atoms with Gasteiger partial charge in [0.25, 0.3) is 0 Å². The van der Waals surface area contributed by atoms with Crippen LogP contribution in [0.2, 0.25) is 0 Å². The second-order valence-corrected chi connectivity index (χ2v) is 5.38. The van der Waals surface area contributed by atoms with Gasteiger partial charge in [0, 0.05) is 25.1 Å². The molecule has 1 aliphatic heterocycles. The van der Waals surface area contributed by atoms with Crippen LogP contribution in [0.4, 0.5) is 13.2 Å². The molecule has 0 N–H and O–H groups in total. The predicted octanol–water partition coefficient (Wildman–Crippen LogP) is 1.90. The van der Waals surface area contributed by atoms with Gasteiger partial charge in [-0.1, -0.05) is 0 Å². The largest absolute Gasteiger partial charge is 0.435 e.